The molecule has 0 saturated carbocycles. The molecule has 1 N–H and O–H groups in total. The van der Waals surface area contributed by atoms with Crippen LogP contribution in [0, 0.1) is 0 Å². The number of methoxy groups -OCH3 is 3. The van der Waals surface area contributed by atoms with Crippen LogP contribution in [0.1, 0.15) is 35.4 Å². The summed E-state index contributed by atoms with van der Waals surface area (Å²) in [7, 11) is 4.53. The Morgan fingerprint density at radius 3 is 2.58 bits per heavy atom. The first-order chi connectivity index (χ1) is 15.2. The Bertz CT molecular complexity index is 1090. The Morgan fingerprint density at radius 1 is 0.968 bits per heavy atom. The van der Waals surface area contributed by atoms with Gasteiger partial charge in [-0.1, -0.05) is 18.6 Å². The molecule has 0 fully saturated rings. The van der Waals surface area contributed by atoms with Gasteiger partial charge in [-0.3, -0.25) is 4.79 Å². The molecule has 0 atom stereocenters. The van der Waals surface area contributed by atoms with Crippen molar-refractivity contribution in [3.63, 3.8) is 0 Å². The first-order valence-electron chi connectivity index (χ1n) is 10.3. The standard InChI is InChI=1S/C23H26N4O4/c1-29-18-12-11-17(20(30-2)21(18)31-3)23(28)24-16-9-7-8-15(14-16)22-26-25-19-10-5-4-6-13-27(19)22/h7-9,11-12,14H,4-6,10,13H2,1-3H3,(H,24,28). The lowest BCUT2D eigenvalue weighted by Gasteiger charge is -2.15. The second-order valence-electron chi connectivity index (χ2n) is 7.32. The highest BCUT2D eigenvalue weighted by Crippen LogP contribution is 2.40. The van der Waals surface area contributed by atoms with E-state index >= 15 is 0 Å². The van der Waals surface area contributed by atoms with E-state index in [0.29, 0.717) is 28.5 Å². The first kappa shape index (κ1) is 20.7. The maximum absolute atomic E-state index is 13.0. The monoisotopic (exact) mass is 422 g/mol. The highest BCUT2D eigenvalue weighted by atomic mass is 16.5. The summed E-state index contributed by atoms with van der Waals surface area (Å²) < 4.78 is 18.3. The van der Waals surface area contributed by atoms with Gasteiger partial charge in [0.2, 0.25) is 5.75 Å². The molecule has 8 heteroatoms. The van der Waals surface area contributed by atoms with Crippen molar-refractivity contribution < 1.29 is 19.0 Å². The van der Waals surface area contributed by atoms with E-state index in [1.54, 1.807) is 12.1 Å². The van der Waals surface area contributed by atoms with Crippen LogP contribution in [0.3, 0.4) is 0 Å². The molecule has 4 rings (SSSR count). The zero-order valence-electron chi connectivity index (χ0n) is 18.0. The lowest BCUT2D eigenvalue weighted by atomic mass is 10.1. The van der Waals surface area contributed by atoms with Gasteiger partial charge in [0.15, 0.2) is 17.3 Å². The normalized spacial score (nSPS) is 13.1. The number of rotatable bonds is 6. The average molecular weight is 422 g/mol. The summed E-state index contributed by atoms with van der Waals surface area (Å²) in [5.41, 5.74) is 1.92. The summed E-state index contributed by atoms with van der Waals surface area (Å²) >= 11 is 0. The van der Waals surface area contributed by atoms with Gasteiger partial charge in [-0.05, 0) is 37.1 Å². The Labute approximate surface area is 181 Å². The molecule has 162 valence electrons. The van der Waals surface area contributed by atoms with Crippen LogP contribution < -0.4 is 19.5 Å². The first-order valence-corrected chi connectivity index (χ1v) is 10.3. The Balaban J connectivity index is 1.62. The van der Waals surface area contributed by atoms with Gasteiger partial charge in [0.25, 0.3) is 5.91 Å². The Morgan fingerprint density at radius 2 is 1.81 bits per heavy atom. The predicted molar refractivity (Wildman–Crippen MR) is 117 cm³/mol. The van der Waals surface area contributed by atoms with E-state index in [2.05, 4.69) is 20.1 Å². The fourth-order valence-corrected chi connectivity index (χ4v) is 3.91. The minimum atomic E-state index is -0.310. The smallest absolute Gasteiger partial charge is 0.259 e. The second-order valence-corrected chi connectivity index (χ2v) is 7.32. The van der Waals surface area contributed by atoms with Crippen LogP contribution >= 0.6 is 0 Å². The van der Waals surface area contributed by atoms with E-state index in [-0.39, 0.29) is 5.91 Å². The van der Waals surface area contributed by atoms with Crippen molar-refractivity contribution in [1.29, 1.82) is 0 Å². The molecule has 31 heavy (non-hydrogen) atoms. The van der Waals surface area contributed by atoms with Gasteiger partial charge in [-0.15, -0.1) is 10.2 Å². The number of benzene rings is 2. The van der Waals surface area contributed by atoms with Crippen molar-refractivity contribution in [2.75, 3.05) is 26.6 Å². The maximum atomic E-state index is 13.0. The summed E-state index contributed by atoms with van der Waals surface area (Å²) in [5, 5.41) is 11.7. The number of fused-ring (bicyclic) bond motifs is 1. The van der Waals surface area contributed by atoms with Gasteiger partial charge >= 0.3 is 0 Å². The molecule has 0 saturated heterocycles. The van der Waals surface area contributed by atoms with Gasteiger partial charge in [0, 0.05) is 24.2 Å². The summed E-state index contributed by atoms with van der Waals surface area (Å²) in [5.74, 6) is 2.73. The number of hydrogen-bond acceptors (Lipinski definition) is 6. The molecule has 1 aliphatic heterocycles. The molecular formula is C23H26N4O4. The van der Waals surface area contributed by atoms with E-state index < -0.39 is 0 Å². The molecule has 0 unspecified atom stereocenters. The number of aromatic nitrogens is 3. The molecular weight excluding hydrogens is 396 g/mol. The molecule has 0 spiro atoms. The quantitative estimate of drug-likeness (QED) is 0.647. The number of nitrogens with zero attached hydrogens (tertiary/aromatic N) is 3. The van der Waals surface area contributed by atoms with Gasteiger partial charge in [0.1, 0.15) is 5.82 Å². The van der Waals surface area contributed by atoms with Gasteiger partial charge in [0.05, 0.1) is 26.9 Å². The van der Waals surface area contributed by atoms with E-state index in [1.165, 1.54) is 27.8 Å². The van der Waals surface area contributed by atoms with E-state index in [9.17, 15) is 4.79 Å². The number of carbonyl (C=O) groups is 1. The van der Waals surface area contributed by atoms with Crippen molar-refractivity contribution in [2.45, 2.75) is 32.2 Å². The largest absolute Gasteiger partial charge is 0.493 e. The third-order valence-electron chi connectivity index (χ3n) is 5.44. The highest BCUT2D eigenvalue weighted by molar-refractivity contribution is 6.07. The number of amides is 1. The summed E-state index contributed by atoms with van der Waals surface area (Å²) in [6.07, 6.45) is 4.41. The van der Waals surface area contributed by atoms with Crippen LogP contribution in [0.25, 0.3) is 11.4 Å². The summed E-state index contributed by atoms with van der Waals surface area (Å²) in [6, 6.07) is 11.0. The molecule has 1 aliphatic rings. The van der Waals surface area contributed by atoms with E-state index in [1.807, 2.05) is 24.3 Å². The fourth-order valence-electron chi connectivity index (χ4n) is 3.91. The minimum absolute atomic E-state index is 0.310. The third-order valence-corrected chi connectivity index (χ3v) is 5.44. The zero-order valence-corrected chi connectivity index (χ0v) is 18.0. The van der Waals surface area contributed by atoms with Crippen molar-refractivity contribution >= 4 is 11.6 Å². The van der Waals surface area contributed by atoms with Crippen molar-refractivity contribution in [1.82, 2.24) is 14.8 Å². The topological polar surface area (TPSA) is 87.5 Å². The number of anilines is 1. The average Bonchev–Trinajstić information content (AvgIpc) is 3.06. The molecule has 2 heterocycles. The second kappa shape index (κ2) is 9.07. The molecule has 1 amide bonds. The summed E-state index contributed by atoms with van der Waals surface area (Å²) in [6.45, 7) is 0.914. The molecule has 0 bridgehead atoms. The van der Waals surface area contributed by atoms with Crippen molar-refractivity contribution in [3.8, 4) is 28.6 Å². The van der Waals surface area contributed by atoms with Crippen LogP contribution in [-0.2, 0) is 13.0 Å². The molecule has 3 aromatic rings. The number of nitrogens with one attached hydrogen (secondary N) is 1. The SMILES string of the molecule is COc1ccc(C(=O)Nc2cccc(-c3nnc4n3CCCCC4)c2)c(OC)c1OC. The Kier molecular flexibility index (Phi) is 6.06. The number of ether oxygens (including phenoxy) is 3. The predicted octanol–water partition coefficient (Wildman–Crippen LogP) is 3.95. The number of aryl methyl sites for hydroxylation is 1. The van der Waals surface area contributed by atoms with Crippen LogP contribution in [-0.4, -0.2) is 42.0 Å². The zero-order chi connectivity index (χ0) is 21.8. The van der Waals surface area contributed by atoms with Gasteiger partial charge in [-0.2, -0.15) is 0 Å². The van der Waals surface area contributed by atoms with E-state index in [0.717, 1.165) is 43.0 Å². The molecule has 0 aliphatic carbocycles. The lowest BCUT2D eigenvalue weighted by molar-refractivity contribution is 0.102. The minimum Gasteiger partial charge on any atom is -0.493 e. The third kappa shape index (κ3) is 4.05. The van der Waals surface area contributed by atoms with Crippen molar-refractivity contribution in [2.24, 2.45) is 0 Å². The highest BCUT2D eigenvalue weighted by Gasteiger charge is 2.21. The lowest BCUT2D eigenvalue weighted by Crippen LogP contribution is -2.14. The number of carbonyl (C=O) groups excluding carboxylic acids is 1. The van der Waals surface area contributed by atoms with Gasteiger partial charge < -0.3 is 24.1 Å². The molecule has 2 aromatic carbocycles. The van der Waals surface area contributed by atoms with Crippen LogP contribution in [0.15, 0.2) is 36.4 Å². The summed E-state index contributed by atoms with van der Waals surface area (Å²) in [4.78, 5) is 13.0. The maximum Gasteiger partial charge on any atom is 0.259 e. The van der Waals surface area contributed by atoms with Gasteiger partial charge in [-0.25, -0.2) is 0 Å². The van der Waals surface area contributed by atoms with Crippen LogP contribution in [0.2, 0.25) is 0 Å². The van der Waals surface area contributed by atoms with Crippen LogP contribution in [0.5, 0.6) is 17.2 Å². The van der Waals surface area contributed by atoms with Crippen LogP contribution in [0.4, 0.5) is 5.69 Å². The Hall–Kier alpha value is -3.55. The molecule has 1 aromatic heterocycles. The molecule has 0 radical (unpaired) electrons. The van der Waals surface area contributed by atoms with Crippen molar-refractivity contribution in [3.05, 3.63) is 47.8 Å². The molecule has 8 nitrogen and oxygen atoms in total. The van der Waals surface area contributed by atoms with E-state index in [4.69, 9.17) is 14.2 Å². The number of hydrogen-bond donors (Lipinski definition) is 1. The fraction of sp³-hybridized carbons (Fsp3) is 0.348.